The lowest BCUT2D eigenvalue weighted by Crippen LogP contribution is -2.35. The van der Waals surface area contributed by atoms with Crippen molar-refractivity contribution in [3.63, 3.8) is 0 Å². The van der Waals surface area contributed by atoms with Crippen LogP contribution in [0, 0.1) is 0 Å². The first-order valence-electron chi connectivity index (χ1n) is 6.97. The second-order valence-corrected chi connectivity index (χ2v) is 4.78. The number of ether oxygens (including phenoxy) is 1. The third-order valence-electron chi connectivity index (χ3n) is 3.21. The van der Waals surface area contributed by atoms with Gasteiger partial charge in [0, 0.05) is 38.5 Å². The van der Waals surface area contributed by atoms with Gasteiger partial charge in [0.15, 0.2) is 0 Å². The van der Waals surface area contributed by atoms with Crippen molar-refractivity contribution < 1.29 is 4.74 Å². The summed E-state index contributed by atoms with van der Waals surface area (Å²) in [5, 5.41) is 3.52. The van der Waals surface area contributed by atoms with Crippen molar-refractivity contribution in [1.29, 1.82) is 0 Å². The summed E-state index contributed by atoms with van der Waals surface area (Å²) in [6.07, 6.45) is 7.38. The minimum Gasteiger partial charge on any atom is -0.382 e. The Hall–Kier alpha value is -0.870. The van der Waals surface area contributed by atoms with E-state index in [1.165, 1.54) is 5.82 Å². The van der Waals surface area contributed by atoms with Gasteiger partial charge in [-0.05, 0) is 26.3 Å². The highest BCUT2D eigenvalue weighted by Gasteiger charge is 2.15. The molecule has 0 aliphatic rings. The van der Waals surface area contributed by atoms with Crippen molar-refractivity contribution in [3.8, 4) is 0 Å². The van der Waals surface area contributed by atoms with E-state index >= 15 is 0 Å². The first-order valence-corrected chi connectivity index (χ1v) is 6.97. The maximum atomic E-state index is 5.36. The zero-order valence-corrected chi connectivity index (χ0v) is 12.1. The van der Waals surface area contributed by atoms with E-state index in [4.69, 9.17) is 4.74 Å². The molecule has 0 aliphatic carbocycles. The predicted octanol–water partition coefficient (Wildman–Crippen LogP) is 2.24. The molecule has 0 fully saturated rings. The first kappa shape index (κ1) is 15.2. The zero-order chi connectivity index (χ0) is 13.4. The summed E-state index contributed by atoms with van der Waals surface area (Å²) in [5.41, 5.74) is 0. The summed E-state index contributed by atoms with van der Waals surface area (Å²) in [5.74, 6) is 1.17. The smallest absolute Gasteiger partial charge is 0.110 e. The van der Waals surface area contributed by atoms with Crippen LogP contribution in [0.5, 0.6) is 0 Å². The van der Waals surface area contributed by atoms with E-state index in [0.717, 1.165) is 32.4 Å². The molecule has 18 heavy (non-hydrogen) atoms. The van der Waals surface area contributed by atoms with Gasteiger partial charge < -0.3 is 14.6 Å². The van der Waals surface area contributed by atoms with E-state index in [2.05, 4.69) is 41.8 Å². The Balaban J connectivity index is 2.61. The van der Waals surface area contributed by atoms with Crippen molar-refractivity contribution >= 4 is 0 Å². The number of rotatable bonds is 9. The van der Waals surface area contributed by atoms with Gasteiger partial charge in [0.1, 0.15) is 5.82 Å². The van der Waals surface area contributed by atoms with Gasteiger partial charge in [-0.1, -0.05) is 13.8 Å². The summed E-state index contributed by atoms with van der Waals surface area (Å²) in [6.45, 7) is 8.48. The summed E-state index contributed by atoms with van der Waals surface area (Å²) >= 11 is 0. The Morgan fingerprint density at radius 3 is 2.83 bits per heavy atom. The fraction of sp³-hybridized carbons (Fsp3) is 0.786. The van der Waals surface area contributed by atoms with E-state index in [0.29, 0.717) is 6.04 Å². The lowest BCUT2D eigenvalue weighted by atomic mass is 10.1. The van der Waals surface area contributed by atoms with Crippen LogP contribution in [0.2, 0.25) is 0 Å². The molecule has 2 atom stereocenters. The molecule has 1 heterocycles. The number of nitrogens with one attached hydrogen (secondary N) is 1. The van der Waals surface area contributed by atoms with E-state index in [9.17, 15) is 0 Å². The molecule has 0 spiro atoms. The molecule has 2 unspecified atom stereocenters. The number of likely N-dealkylation sites (N-methyl/N-ethyl adjacent to an activating group) is 1. The van der Waals surface area contributed by atoms with Crippen molar-refractivity contribution in [2.24, 2.45) is 0 Å². The Kier molecular flexibility index (Phi) is 6.98. The molecule has 1 rings (SSSR count). The first-order chi connectivity index (χ1) is 8.71. The zero-order valence-electron chi connectivity index (χ0n) is 12.1. The molecule has 0 saturated heterocycles. The van der Waals surface area contributed by atoms with E-state index in [1.807, 2.05) is 6.20 Å². The van der Waals surface area contributed by atoms with Gasteiger partial charge in [-0.2, -0.15) is 0 Å². The number of hydrogen-bond donors (Lipinski definition) is 1. The van der Waals surface area contributed by atoms with Crippen LogP contribution in [-0.4, -0.2) is 35.4 Å². The monoisotopic (exact) mass is 253 g/mol. The van der Waals surface area contributed by atoms with Crippen molar-refractivity contribution in [3.05, 3.63) is 18.2 Å². The minimum atomic E-state index is 0.281. The van der Waals surface area contributed by atoms with Crippen molar-refractivity contribution in [1.82, 2.24) is 14.9 Å². The Morgan fingerprint density at radius 2 is 2.22 bits per heavy atom. The second kappa shape index (κ2) is 8.27. The minimum absolute atomic E-state index is 0.281. The maximum absolute atomic E-state index is 5.36. The molecule has 0 aliphatic heterocycles. The second-order valence-electron chi connectivity index (χ2n) is 4.78. The van der Waals surface area contributed by atoms with Gasteiger partial charge in [-0.25, -0.2) is 4.98 Å². The van der Waals surface area contributed by atoms with Crippen LogP contribution in [0.3, 0.4) is 0 Å². The van der Waals surface area contributed by atoms with Gasteiger partial charge in [0.05, 0.1) is 6.10 Å². The Bertz CT molecular complexity index is 325. The highest BCUT2D eigenvalue weighted by molar-refractivity contribution is 4.96. The normalized spacial score (nSPS) is 14.7. The third-order valence-corrected chi connectivity index (χ3v) is 3.21. The molecule has 4 heteroatoms. The summed E-state index contributed by atoms with van der Waals surface area (Å²) in [4.78, 5) is 4.47. The number of aromatic nitrogens is 2. The van der Waals surface area contributed by atoms with E-state index in [1.54, 1.807) is 7.11 Å². The van der Waals surface area contributed by atoms with Crippen LogP contribution in [0.1, 0.15) is 39.4 Å². The molecule has 1 aromatic heterocycles. The fourth-order valence-electron chi connectivity index (χ4n) is 2.22. The molecule has 0 aromatic carbocycles. The molecule has 0 amide bonds. The summed E-state index contributed by atoms with van der Waals surface area (Å²) in [6, 6.07) is 0.433. The van der Waals surface area contributed by atoms with Crippen LogP contribution >= 0.6 is 0 Å². The highest BCUT2D eigenvalue weighted by Crippen LogP contribution is 2.09. The van der Waals surface area contributed by atoms with Crippen LogP contribution in [0.15, 0.2) is 12.4 Å². The molecule has 0 radical (unpaired) electrons. The van der Waals surface area contributed by atoms with Gasteiger partial charge in [-0.3, -0.25) is 0 Å². The van der Waals surface area contributed by atoms with E-state index < -0.39 is 0 Å². The maximum Gasteiger partial charge on any atom is 0.110 e. The lowest BCUT2D eigenvalue weighted by molar-refractivity contribution is 0.100. The molecule has 0 saturated carbocycles. The number of nitrogens with zero attached hydrogens (tertiary/aromatic N) is 2. The number of imidazole rings is 1. The topological polar surface area (TPSA) is 39.1 Å². The Labute approximate surface area is 111 Å². The quantitative estimate of drug-likeness (QED) is 0.733. The summed E-state index contributed by atoms with van der Waals surface area (Å²) in [7, 11) is 1.77. The Morgan fingerprint density at radius 1 is 1.44 bits per heavy atom. The van der Waals surface area contributed by atoms with Crippen molar-refractivity contribution in [2.45, 2.75) is 58.7 Å². The highest BCUT2D eigenvalue weighted by atomic mass is 16.5. The van der Waals surface area contributed by atoms with E-state index in [-0.39, 0.29) is 6.10 Å². The van der Waals surface area contributed by atoms with Gasteiger partial charge in [0.25, 0.3) is 0 Å². The molecule has 0 bridgehead atoms. The molecule has 4 nitrogen and oxygen atoms in total. The largest absolute Gasteiger partial charge is 0.382 e. The number of methoxy groups -OCH3 is 1. The molecule has 1 N–H and O–H groups in total. The molecular weight excluding hydrogens is 226 g/mol. The van der Waals surface area contributed by atoms with Gasteiger partial charge >= 0.3 is 0 Å². The molecule has 104 valence electrons. The average molecular weight is 253 g/mol. The number of aryl methyl sites for hydroxylation is 1. The van der Waals surface area contributed by atoms with Crippen LogP contribution in [0.25, 0.3) is 0 Å². The molecular formula is C14H27N3O. The third kappa shape index (κ3) is 4.78. The number of hydrogen-bond acceptors (Lipinski definition) is 3. The van der Waals surface area contributed by atoms with Crippen LogP contribution in [-0.2, 0) is 17.7 Å². The van der Waals surface area contributed by atoms with Crippen molar-refractivity contribution in [2.75, 3.05) is 13.7 Å². The molecule has 1 aromatic rings. The van der Waals surface area contributed by atoms with Crippen LogP contribution < -0.4 is 5.32 Å². The average Bonchev–Trinajstić information content (AvgIpc) is 2.77. The fourth-order valence-corrected chi connectivity index (χ4v) is 2.22. The SMILES string of the molecule is CCCn1ccnc1CC(CC(C)OC)NCC. The summed E-state index contributed by atoms with van der Waals surface area (Å²) < 4.78 is 7.61. The lowest BCUT2D eigenvalue weighted by Gasteiger charge is -2.21. The standard InChI is InChI=1S/C14H27N3O/c1-5-8-17-9-7-16-14(17)11-13(15-6-2)10-12(3)18-4/h7,9,12-13,15H,5-6,8,10-11H2,1-4H3. The van der Waals surface area contributed by atoms with Gasteiger partial charge in [0.2, 0.25) is 0 Å². The van der Waals surface area contributed by atoms with Gasteiger partial charge in [-0.15, -0.1) is 0 Å². The predicted molar refractivity (Wildman–Crippen MR) is 74.8 cm³/mol. The van der Waals surface area contributed by atoms with Crippen LogP contribution in [0.4, 0.5) is 0 Å².